The van der Waals surface area contributed by atoms with Crippen LogP contribution in [0.1, 0.15) is 11.1 Å². The van der Waals surface area contributed by atoms with Crippen molar-refractivity contribution in [2.45, 2.75) is 0 Å². The van der Waals surface area contributed by atoms with Gasteiger partial charge in [0.25, 0.3) is 0 Å². The van der Waals surface area contributed by atoms with E-state index in [0.29, 0.717) is 0 Å². The number of benzene rings is 9. The molecule has 4 aliphatic heterocycles. The maximum absolute atomic E-state index is 6.37. The molecule has 0 N–H and O–H groups in total. The Morgan fingerprint density at radius 2 is 0.672 bits per heavy atom. The van der Waals surface area contributed by atoms with Crippen LogP contribution in [0.25, 0.3) is 11.1 Å². The zero-order valence-corrected chi connectivity index (χ0v) is 35.8. The second-order valence-electron chi connectivity index (χ2n) is 16.8. The van der Waals surface area contributed by atoms with Crippen molar-refractivity contribution in [2.75, 3.05) is 9.80 Å². The average Bonchev–Trinajstić information content (AvgIpc) is 3.77. The summed E-state index contributed by atoms with van der Waals surface area (Å²) in [7, 11) is -2.69. The predicted molar refractivity (Wildman–Crippen MR) is 267 cm³/mol. The van der Waals surface area contributed by atoms with Crippen molar-refractivity contribution in [3.8, 4) is 23.0 Å². The highest BCUT2D eigenvalue weighted by Gasteiger charge is 2.48. The number of nitrogens with zero attached hydrogens (tertiary/aromatic N) is 2. The molecule has 0 bridgehead atoms. The van der Waals surface area contributed by atoms with Crippen LogP contribution in [0.2, 0.25) is 0 Å². The molecule has 0 atom stereocenters. The highest BCUT2D eigenvalue weighted by Crippen LogP contribution is 2.52. The molecule has 0 aliphatic carbocycles. The molecule has 13 rings (SSSR count). The molecule has 64 heavy (non-hydrogen) atoms. The SMILES string of the molecule is C1=C(c2ccc(N3c4ccccc4Oc4ccccc43)cc2)C(c2ccc(N3c4ccccc4Oc4ccccc43)cc2)=C[Si]12c1ccccc1B(c1ccccc1)c1ccccc12. The van der Waals surface area contributed by atoms with Gasteiger partial charge in [-0.05, 0) is 95.1 Å². The van der Waals surface area contributed by atoms with E-state index in [-0.39, 0.29) is 6.71 Å². The van der Waals surface area contributed by atoms with E-state index in [1.165, 1.54) is 49.0 Å². The lowest BCUT2D eigenvalue weighted by molar-refractivity contribution is 0.477. The zero-order valence-electron chi connectivity index (χ0n) is 34.8. The number of ether oxygens (including phenoxy) is 2. The lowest BCUT2D eigenvalue weighted by atomic mass is 9.36. The summed E-state index contributed by atoms with van der Waals surface area (Å²) in [6.45, 7) is 0.151. The van der Waals surface area contributed by atoms with Crippen LogP contribution in [0, 0.1) is 0 Å². The van der Waals surface area contributed by atoms with Crippen LogP contribution in [-0.4, -0.2) is 14.8 Å². The number of fused-ring (bicyclic) bond motifs is 8. The van der Waals surface area contributed by atoms with Gasteiger partial charge in [0.2, 0.25) is 6.71 Å². The molecule has 0 aromatic heterocycles. The Labute approximate surface area is 374 Å². The third-order valence-corrected chi connectivity index (χ3v) is 17.5. The smallest absolute Gasteiger partial charge is 0.240 e. The lowest BCUT2D eigenvalue weighted by Gasteiger charge is -2.37. The first-order chi connectivity index (χ1) is 31.7. The van der Waals surface area contributed by atoms with Gasteiger partial charge in [-0.25, -0.2) is 0 Å². The molecule has 300 valence electrons. The third-order valence-electron chi connectivity index (χ3n) is 13.3. The van der Waals surface area contributed by atoms with Crippen molar-refractivity contribution in [3.63, 3.8) is 0 Å². The van der Waals surface area contributed by atoms with Gasteiger partial charge in [-0.3, -0.25) is 0 Å². The van der Waals surface area contributed by atoms with E-state index in [9.17, 15) is 0 Å². The minimum atomic E-state index is -2.69. The molecule has 0 radical (unpaired) electrons. The molecule has 4 aliphatic rings. The molecule has 9 aromatic rings. The summed E-state index contributed by atoms with van der Waals surface area (Å²) >= 11 is 0. The van der Waals surface area contributed by atoms with Crippen molar-refractivity contribution in [3.05, 3.63) is 247 Å². The summed E-state index contributed by atoms with van der Waals surface area (Å²) in [5, 5.41) is 2.90. The van der Waals surface area contributed by atoms with Crippen molar-refractivity contribution in [1.82, 2.24) is 0 Å². The standard InChI is InChI=1S/C58H39BN2O2Si/c1-2-16-42(17-3-1)59-47-18-4-14-28-57(47)64(58-29-15-5-19-48(58)59)38-45(40-30-34-43(35-31-40)60-49-20-6-10-24-53(49)62-54-25-11-7-21-50(54)60)46(39-64)41-32-36-44(37-33-41)61-51-22-8-12-26-55(51)63-56-27-13-9-23-52(56)61/h1-39H. The fraction of sp³-hybridized carbons (Fsp3) is 0. The Morgan fingerprint density at radius 3 is 1.08 bits per heavy atom. The van der Waals surface area contributed by atoms with E-state index in [2.05, 4.69) is 197 Å². The van der Waals surface area contributed by atoms with Gasteiger partial charge in [0, 0.05) is 11.4 Å². The van der Waals surface area contributed by atoms with Gasteiger partial charge in [0.15, 0.2) is 31.1 Å². The molecule has 0 unspecified atom stereocenters. The van der Waals surface area contributed by atoms with Gasteiger partial charge < -0.3 is 19.3 Å². The van der Waals surface area contributed by atoms with E-state index in [0.717, 1.165) is 57.1 Å². The first kappa shape index (κ1) is 36.6. The lowest BCUT2D eigenvalue weighted by Crippen LogP contribution is -2.77. The van der Waals surface area contributed by atoms with Crippen molar-refractivity contribution in [2.24, 2.45) is 0 Å². The van der Waals surface area contributed by atoms with Crippen LogP contribution < -0.4 is 46.0 Å². The van der Waals surface area contributed by atoms with E-state index in [1.807, 2.05) is 48.5 Å². The molecule has 9 aromatic carbocycles. The molecule has 0 fully saturated rings. The average molecular weight is 835 g/mol. The van der Waals surface area contributed by atoms with E-state index >= 15 is 0 Å². The second-order valence-corrected chi connectivity index (χ2v) is 20.2. The highest BCUT2D eigenvalue weighted by molar-refractivity contribution is 7.20. The van der Waals surface area contributed by atoms with E-state index in [1.54, 1.807) is 0 Å². The van der Waals surface area contributed by atoms with Crippen LogP contribution in [0.15, 0.2) is 236 Å². The van der Waals surface area contributed by atoms with Crippen LogP contribution in [0.5, 0.6) is 23.0 Å². The number of allylic oxidation sites excluding steroid dienone is 2. The number of anilines is 6. The van der Waals surface area contributed by atoms with Crippen molar-refractivity contribution in [1.29, 1.82) is 0 Å². The van der Waals surface area contributed by atoms with Gasteiger partial charge in [-0.2, -0.15) is 0 Å². The summed E-state index contributed by atoms with van der Waals surface area (Å²) in [6.07, 6.45) is 0. The maximum atomic E-state index is 6.37. The fourth-order valence-corrected chi connectivity index (χ4v) is 15.3. The minimum Gasteiger partial charge on any atom is -0.453 e. The monoisotopic (exact) mass is 834 g/mol. The zero-order chi connectivity index (χ0) is 42.2. The fourth-order valence-electron chi connectivity index (χ4n) is 10.6. The van der Waals surface area contributed by atoms with Gasteiger partial charge in [-0.15, -0.1) is 0 Å². The Bertz CT molecular complexity index is 3070. The second kappa shape index (κ2) is 14.5. The summed E-state index contributed by atoms with van der Waals surface area (Å²) in [5.41, 5.74) is 20.6. The normalized spacial score (nSPS) is 14.7. The summed E-state index contributed by atoms with van der Waals surface area (Å²) < 4.78 is 12.7. The molecule has 0 amide bonds. The number of hydrogen-bond acceptors (Lipinski definition) is 4. The Kier molecular flexibility index (Phi) is 8.30. The minimum absolute atomic E-state index is 0.151. The Morgan fingerprint density at radius 1 is 0.328 bits per heavy atom. The molecular formula is C58H39BN2O2Si. The largest absolute Gasteiger partial charge is 0.453 e. The molecular weight excluding hydrogens is 796 g/mol. The third kappa shape index (κ3) is 5.63. The molecule has 0 saturated carbocycles. The topological polar surface area (TPSA) is 24.9 Å². The van der Waals surface area contributed by atoms with Crippen LogP contribution in [0.3, 0.4) is 0 Å². The number of hydrogen-bond donors (Lipinski definition) is 0. The quantitative estimate of drug-likeness (QED) is 0.161. The first-order valence-corrected chi connectivity index (χ1v) is 24.1. The summed E-state index contributed by atoms with van der Waals surface area (Å²) in [4.78, 5) is 4.62. The van der Waals surface area contributed by atoms with Crippen LogP contribution in [-0.2, 0) is 0 Å². The van der Waals surface area contributed by atoms with Gasteiger partial charge in [-0.1, -0.05) is 190 Å². The molecule has 0 saturated heterocycles. The predicted octanol–water partition coefficient (Wildman–Crippen LogP) is 11.5. The molecule has 1 spiro atoms. The van der Waals surface area contributed by atoms with E-state index in [4.69, 9.17) is 9.47 Å². The summed E-state index contributed by atoms with van der Waals surface area (Å²) in [6, 6.07) is 81.0. The van der Waals surface area contributed by atoms with Gasteiger partial charge >= 0.3 is 0 Å². The Hall–Kier alpha value is -8.06. The Balaban J connectivity index is 0.980. The van der Waals surface area contributed by atoms with Crippen molar-refractivity contribution < 1.29 is 9.47 Å². The van der Waals surface area contributed by atoms with Crippen LogP contribution in [0.4, 0.5) is 34.1 Å². The van der Waals surface area contributed by atoms with Gasteiger partial charge in [0.1, 0.15) is 0 Å². The molecule has 4 heterocycles. The number of para-hydroxylation sites is 8. The van der Waals surface area contributed by atoms with E-state index < -0.39 is 8.07 Å². The molecule has 4 nitrogen and oxygen atoms in total. The first-order valence-electron chi connectivity index (χ1n) is 21.9. The van der Waals surface area contributed by atoms with Crippen molar-refractivity contribution >= 4 is 86.8 Å². The highest BCUT2D eigenvalue weighted by atomic mass is 28.3. The molecule has 6 heteroatoms. The van der Waals surface area contributed by atoms with Crippen LogP contribution >= 0.6 is 0 Å². The van der Waals surface area contributed by atoms with Gasteiger partial charge in [0.05, 0.1) is 22.7 Å². The maximum Gasteiger partial charge on any atom is 0.240 e. The number of rotatable bonds is 5. The summed E-state index contributed by atoms with van der Waals surface area (Å²) in [5.74, 6) is 3.38.